The van der Waals surface area contributed by atoms with Gasteiger partial charge in [0.25, 0.3) is 0 Å². The molecular weight excluding hydrogens is 236 g/mol. The third-order valence-corrected chi connectivity index (χ3v) is 3.65. The number of aryl methyl sites for hydroxylation is 1. The first kappa shape index (κ1) is 12.4. The third-order valence-electron chi connectivity index (χ3n) is 3.65. The van der Waals surface area contributed by atoms with Crippen LogP contribution in [0.4, 0.5) is 5.82 Å². The van der Waals surface area contributed by atoms with Crippen molar-refractivity contribution in [1.29, 1.82) is 0 Å². The number of hydrogen-bond acceptors (Lipinski definition) is 3. The first-order valence-corrected chi connectivity index (χ1v) is 6.90. The summed E-state index contributed by atoms with van der Waals surface area (Å²) < 4.78 is 5.79. The topological polar surface area (TPSA) is 25.4 Å². The molecule has 1 aliphatic heterocycles. The van der Waals surface area contributed by atoms with Gasteiger partial charge in [-0.15, -0.1) is 0 Å². The van der Waals surface area contributed by atoms with Crippen LogP contribution in [0.1, 0.15) is 19.4 Å². The summed E-state index contributed by atoms with van der Waals surface area (Å²) >= 11 is 0. The van der Waals surface area contributed by atoms with Crippen molar-refractivity contribution in [2.75, 3.05) is 18.0 Å². The Kier molecular flexibility index (Phi) is 3.15. The second-order valence-corrected chi connectivity index (χ2v) is 5.48. The average molecular weight is 256 g/mol. The SMILES string of the molecule is Cc1cc(N2C[C@@H](C)O[C@@H](C)C2)nc2ccccc12. The highest BCUT2D eigenvalue weighted by Crippen LogP contribution is 2.24. The third kappa shape index (κ3) is 2.43. The number of nitrogens with zero attached hydrogens (tertiary/aromatic N) is 2. The van der Waals surface area contributed by atoms with Crippen molar-refractivity contribution in [1.82, 2.24) is 4.98 Å². The summed E-state index contributed by atoms with van der Waals surface area (Å²) in [5.74, 6) is 1.07. The Labute approximate surface area is 114 Å². The van der Waals surface area contributed by atoms with Crippen molar-refractivity contribution >= 4 is 16.7 Å². The number of anilines is 1. The molecule has 0 amide bonds. The van der Waals surface area contributed by atoms with Gasteiger partial charge in [0.1, 0.15) is 5.82 Å². The molecule has 3 nitrogen and oxygen atoms in total. The van der Waals surface area contributed by atoms with Crippen molar-refractivity contribution in [3.05, 3.63) is 35.9 Å². The van der Waals surface area contributed by atoms with Gasteiger partial charge in [-0.05, 0) is 38.5 Å². The van der Waals surface area contributed by atoms with Crippen LogP contribution in [0.25, 0.3) is 10.9 Å². The molecule has 19 heavy (non-hydrogen) atoms. The van der Waals surface area contributed by atoms with E-state index in [2.05, 4.69) is 49.9 Å². The van der Waals surface area contributed by atoms with E-state index in [1.54, 1.807) is 0 Å². The van der Waals surface area contributed by atoms with E-state index in [1.807, 2.05) is 6.07 Å². The van der Waals surface area contributed by atoms with E-state index >= 15 is 0 Å². The van der Waals surface area contributed by atoms with Gasteiger partial charge in [0.15, 0.2) is 0 Å². The van der Waals surface area contributed by atoms with Crippen LogP contribution >= 0.6 is 0 Å². The lowest BCUT2D eigenvalue weighted by molar-refractivity contribution is -0.00544. The summed E-state index contributed by atoms with van der Waals surface area (Å²) in [5.41, 5.74) is 2.36. The maximum atomic E-state index is 5.79. The molecule has 100 valence electrons. The quantitative estimate of drug-likeness (QED) is 0.783. The van der Waals surface area contributed by atoms with Crippen molar-refractivity contribution in [3.8, 4) is 0 Å². The highest BCUT2D eigenvalue weighted by molar-refractivity contribution is 5.83. The molecule has 0 spiro atoms. The van der Waals surface area contributed by atoms with E-state index in [1.165, 1.54) is 10.9 Å². The zero-order chi connectivity index (χ0) is 13.4. The standard InChI is InChI=1S/C16H20N2O/c1-11-8-16(17-15-7-5-4-6-14(11)15)18-9-12(2)19-13(3)10-18/h4-8,12-13H,9-10H2,1-3H3/t12-,13+. The number of rotatable bonds is 1. The largest absolute Gasteiger partial charge is 0.372 e. The maximum Gasteiger partial charge on any atom is 0.129 e. The molecule has 0 radical (unpaired) electrons. The predicted octanol–water partition coefficient (Wildman–Crippen LogP) is 3.16. The number of fused-ring (bicyclic) bond motifs is 1. The minimum atomic E-state index is 0.261. The maximum absolute atomic E-state index is 5.79. The molecule has 0 saturated carbocycles. The molecule has 2 heterocycles. The lowest BCUT2D eigenvalue weighted by Crippen LogP contribution is -2.45. The fourth-order valence-electron chi connectivity index (χ4n) is 2.86. The van der Waals surface area contributed by atoms with Gasteiger partial charge in [0.2, 0.25) is 0 Å². The molecule has 2 aromatic rings. The van der Waals surface area contributed by atoms with Gasteiger partial charge in [0.05, 0.1) is 17.7 Å². The predicted molar refractivity (Wildman–Crippen MR) is 78.7 cm³/mol. The molecule has 1 aromatic carbocycles. The molecule has 3 heteroatoms. The van der Waals surface area contributed by atoms with Gasteiger partial charge >= 0.3 is 0 Å². The van der Waals surface area contributed by atoms with Gasteiger partial charge in [0, 0.05) is 18.5 Å². The van der Waals surface area contributed by atoms with Crippen molar-refractivity contribution < 1.29 is 4.74 Å². The van der Waals surface area contributed by atoms with Crippen molar-refractivity contribution in [3.63, 3.8) is 0 Å². The molecule has 0 aliphatic carbocycles. The molecule has 1 saturated heterocycles. The molecule has 2 atom stereocenters. The molecule has 0 bridgehead atoms. The molecule has 3 rings (SSSR count). The van der Waals surface area contributed by atoms with Gasteiger partial charge in [-0.1, -0.05) is 18.2 Å². The summed E-state index contributed by atoms with van der Waals surface area (Å²) in [6, 6.07) is 10.5. The number of pyridine rings is 1. The zero-order valence-corrected chi connectivity index (χ0v) is 11.8. The number of hydrogen-bond donors (Lipinski definition) is 0. The number of ether oxygens (including phenoxy) is 1. The summed E-state index contributed by atoms with van der Waals surface area (Å²) in [5, 5.41) is 1.24. The van der Waals surface area contributed by atoms with Crippen LogP contribution in [0.2, 0.25) is 0 Å². The van der Waals surface area contributed by atoms with Gasteiger partial charge in [-0.3, -0.25) is 0 Å². The molecule has 1 aliphatic rings. The van der Waals surface area contributed by atoms with Crippen LogP contribution in [0.5, 0.6) is 0 Å². The second-order valence-electron chi connectivity index (χ2n) is 5.48. The monoisotopic (exact) mass is 256 g/mol. The number of benzene rings is 1. The minimum absolute atomic E-state index is 0.261. The second kappa shape index (κ2) is 4.82. The molecule has 0 unspecified atom stereocenters. The molecule has 0 N–H and O–H groups in total. The summed E-state index contributed by atoms with van der Waals surface area (Å²) in [4.78, 5) is 7.13. The Morgan fingerprint density at radius 2 is 1.84 bits per heavy atom. The fraction of sp³-hybridized carbons (Fsp3) is 0.438. The first-order chi connectivity index (χ1) is 9.13. The van der Waals surface area contributed by atoms with Gasteiger partial charge in [-0.25, -0.2) is 4.98 Å². The van der Waals surface area contributed by atoms with E-state index < -0.39 is 0 Å². The van der Waals surface area contributed by atoms with Crippen LogP contribution in [-0.4, -0.2) is 30.3 Å². The highest BCUT2D eigenvalue weighted by atomic mass is 16.5. The Bertz CT molecular complexity index is 586. The lowest BCUT2D eigenvalue weighted by Gasteiger charge is -2.36. The highest BCUT2D eigenvalue weighted by Gasteiger charge is 2.23. The zero-order valence-electron chi connectivity index (χ0n) is 11.8. The van der Waals surface area contributed by atoms with Crippen molar-refractivity contribution in [2.45, 2.75) is 33.0 Å². The minimum Gasteiger partial charge on any atom is -0.372 e. The van der Waals surface area contributed by atoms with Crippen LogP contribution in [-0.2, 0) is 4.74 Å². The van der Waals surface area contributed by atoms with Crippen molar-refractivity contribution in [2.24, 2.45) is 0 Å². The number of morpholine rings is 1. The molecule has 1 fully saturated rings. The lowest BCUT2D eigenvalue weighted by atomic mass is 10.1. The van der Waals surface area contributed by atoms with E-state index in [0.29, 0.717) is 0 Å². The van der Waals surface area contributed by atoms with E-state index in [4.69, 9.17) is 9.72 Å². The van der Waals surface area contributed by atoms with Gasteiger partial charge < -0.3 is 9.64 Å². The van der Waals surface area contributed by atoms with E-state index in [-0.39, 0.29) is 12.2 Å². The Balaban J connectivity index is 2.00. The van der Waals surface area contributed by atoms with Crippen LogP contribution < -0.4 is 4.90 Å². The first-order valence-electron chi connectivity index (χ1n) is 6.90. The van der Waals surface area contributed by atoms with Gasteiger partial charge in [-0.2, -0.15) is 0 Å². The summed E-state index contributed by atoms with van der Waals surface area (Å²) in [6.45, 7) is 8.22. The van der Waals surface area contributed by atoms with Crippen LogP contribution in [0.3, 0.4) is 0 Å². The Hall–Kier alpha value is -1.61. The molecular formula is C16H20N2O. The normalized spacial score (nSPS) is 23.8. The smallest absolute Gasteiger partial charge is 0.129 e. The molecule has 1 aromatic heterocycles. The average Bonchev–Trinajstić information content (AvgIpc) is 2.37. The summed E-state index contributed by atoms with van der Waals surface area (Å²) in [6.07, 6.45) is 0.523. The van der Waals surface area contributed by atoms with E-state index in [0.717, 1.165) is 24.4 Å². The summed E-state index contributed by atoms with van der Waals surface area (Å²) in [7, 11) is 0. The Morgan fingerprint density at radius 3 is 2.58 bits per heavy atom. The number of aromatic nitrogens is 1. The van der Waals surface area contributed by atoms with E-state index in [9.17, 15) is 0 Å². The fourth-order valence-corrected chi connectivity index (χ4v) is 2.86. The Morgan fingerprint density at radius 1 is 1.16 bits per heavy atom. The number of para-hydroxylation sites is 1. The van der Waals surface area contributed by atoms with Crippen LogP contribution in [0, 0.1) is 6.92 Å². The van der Waals surface area contributed by atoms with Crippen LogP contribution in [0.15, 0.2) is 30.3 Å².